The third kappa shape index (κ3) is 11.9. The fourth-order valence-corrected chi connectivity index (χ4v) is 21.4. The Hall–Kier alpha value is 0.900. The minimum absolute atomic E-state index is 0.424. The predicted molar refractivity (Wildman–Crippen MR) is 316 cm³/mol. The zero-order valence-electron chi connectivity index (χ0n) is 47.2. The predicted octanol–water partition coefficient (Wildman–Crippen LogP) is 21.0. The van der Waals surface area contributed by atoms with Crippen molar-refractivity contribution in [2.45, 2.75) is 274 Å². The molecular formula is C66H112I2O. The maximum Gasteiger partial charge on any atom is 0.0610 e. The van der Waals surface area contributed by atoms with Gasteiger partial charge in [0.2, 0.25) is 0 Å². The SMILES string of the molecule is CC(C)CCC[C@@H](C)[C@H]1CC[C@H]2[C@@H]3CC=C4CC(C(CCCCCI)OC(CCCCCI)C5CC[C@@]6(C)C(=CC[C@H]7[C@@H]8CC[C@H]([C@H](C)CCCC(C)C)[C@@]8(C)CC[C@@H]76)C5)CC[C@]4(C)[C@H]3CC[C@]12C. The highest BCUT2D eigenvalue weighted by Crippen LogP contribution is 2.70. The van der Waals surface area contributed by atoms with Crippen LogP contribution in [0.3, 0.4) is 0 Å². The smallest absolute Gasteiger partial charge is 0.0610 e. The lowest BCUT2D eigenvalue weighted by atomic mass is 9.46. The first-order valence-corrected chi connectivity index (χ1v) is 34.3. The molecule has 396 valence electrons. The van der Waals surface area contributed by atoms with Crippen molar-refractivity contribution in [1.82, 2.24) is 0 Å². The molecule has 8 rings (SSSR count). The Bertz CT molecular complexity index is 1560. The fraction of sp³-hybridized carbons (Fsp3) is 0.939. The van der Waals surface area contributed by atoms with Crippen molar-refractivity contribution in [3.05, 3.63) is 23.3 Å². The molecule has 0 radical (unpaired) electrons. The van der Waals surface area contributed by atoms with E-state index in [-0.39, 0.29) is 0 Å². The van der Waals surface area contributed by atoms with E-state index in [9.17, 15) is 0 Å². The first kappa shape index (κ1) is 56.1. The zero-order chi connectivity index (χ0) is 49.1. The summed E-state index contributed by atoms with van der Waals surface area (Å²) < 4.78 is 10.6. The van der Waals surface area contributed by atoms with Gasteiger partial charge in [0, 0.05) is 0 Å². The van der Waals surface area contributed by atoms with Crippen LogP contribution in [0.4, 0.5) is 0 Å². The summed E-state index contributed by atoms with van der Waals surface area (Å²) in [5.74, 6) is 12.4. The molecule has 4 unspecified atom stereocenters. The van der Waals surface area contributed by atoms with Crippen molar-refractivity contribution < 1.29 is 4.74 Å². The molecule has 8 aliphatic rings. The zero-order valence-corrected chi connectivity index (χ0v) is 51.5. The molecule has 6 fully saturated rings. The van der Waals surface area contributed by atoms with Gasteiger partial charge in [-0.15, -0.1) is 0 Å². The number of halogens is 2. The summed E-state index contributed by atoms with van der Waals surface area (Å²) in [6.07, 6.45) is 49.3. The van der Waals surface area contributed by atoms with Gasteiger partial charge in [0.15, 0.2) is 0 Å². The summed E-state index contributed by atoms with van der Waals surface area (Å²) in [6, 6.07) is 0. The van der Waals surface area contributed by atoms with E-state index >= 15 is 0 Å². The van der Waals surface area contributed by atoms with E-state index in [0.717, 1.165) is 71.0 Å². The average molecular weight is 1180 g/mol. The third-order valence-electron chi connectivity index (χ3n) is 24.3. The molecule has 0 N–H and O–H groups in total. The highest BCUT2D eigenvalue weighted by molar-refractivity contribution is 14.1. The van der Waals surface area contributed by atoms with E-state index in [4.69, 9.17) is 4.74 Å². The summed E-state index contributed by atoms with van der Waals surface area (Å²) in [7, 11) is 0. The molecule has 69 heavy (non-hydrogen) atoms. The molecule has 0 amide bonds. The number of ether oxygens (including phenoxy) is 1. The molecule has 0 bridgehead atoms. The molecule has 18 atom stereocenters. The Balaban J connectivity index is 0.953. The van der Waals surface area contributed by atoms with Crippen LogP contribution < -0.4 is 0 Å². The van der Waals surface area contributed by atoms with Crippen LogP contribution in [0.25, 0.3) is 0 Å². The minimum Gasteiger partial charge on any atom is -0.374 e. The van der Waals surface area contributed by atoms with Gasteiger partial charge in [-0.05, 0) is 242 Å². The van der Waals surface area contributed by atoms with Crippen LogP contribution >= 0.6 is 45.2 Å². The highest BCUT2D eigenvalue weighted by Gasteiger charge is 2.61. The molecule has 0 heterocycles. The van der Waals surface area contributed by atoms with E-state index in [1.165, 1.54) is 201 Å². The second-order valence-corrected chi connectivity index (χ2v) is 31.0. The second-order valence-electron chi connectivity index (χ2n) is 28.9. The van der Waals surface area contributed by atoms with E-state index in [0.29, 0.717) is 45.7 Å². The van der Waals surface area contributed by atoms with Crippen molar-refractivity contribution in [2.24, 2.45) is 105 Å². The van der Waals surface area contributed by atoms with Crippen molar-refractivity contribution in [3.8, 4) is 0 Å². The molecule has 6 saturated carbocycles. The van der Waals surface area contributed by atoms with Crippen LogP contribution in [0.2, 0.25) is 0 Å². The largest absolute Gasteiger partial charge is 0.374 e. The maximum atomic E-state index is 7.96. The summed E-state index contributed by atoms with van der Waals surface area (Å²) in [5.41, 5.74) is 5.80. The van der Waals surface area contributed by atoms with Crippen LogP contribution in [0.5, 0.6) is 0 Å². The fourth-order valence-electron chi connectivity index (χ4n) is 20.3. The van der Waals surface area contributed by atoms with E-state index in [1.807, 2.05) is 11.1 Å². The summed E-state index contributed by atoms with van der Waals surface area (Å²) in [6.45, 7) is 26.1. The lowest BCUT2D eigenvalue weighted by molar-refractivity contribution is -0.104. The summed E-state index contributed by atoms with van der Waals surface area (Å²) in [5, 5.41) is 0. The Kier molecular flexibility index (Phi) is 19.9. The standard InChI is InChI=1S/C66H112I2O/c1-45(2)19-17-21-47(5)55-29-31-57-53-27-25-51-43-49(33-37-63(51,7)59(53)35-39-65(55,57)9)61(23-13-11-15-41-67)69-62(24-14-12-16-42-68)50-34-38-64(8)52(44-50)26-28-54-58-32-30-56(48(6)22-18-20-46(3)4)66(58,10)40-36-60(54)64/h25-26,45-50,53-62H,11-24,27-44H2,1-10H3/t47-,48-,49?,50?,53+,54+,55-,56-,57+,58+,59+,60+,61?,62?,63+,64+,65-,66-/m1/s1. The first-order valence-electron chi connectivity index (χ1n) is 31.2. The number of alkyl halides is 2. The van der Waals surface area contributed by atoms with Crippen LogP contribution in [-0.2, 0) is 4.74 Å². The van der Waals surface area contributed by atoms with Gasteiger partial charge < -0.3 is 4.74 Å². The van der Waals surface area contributed by atoms with Crippen molar-refractivity contribution >= 4 is 45.2 Å². The third-order valence-corrected chi connectivity index (χ3v) is 25.9. The number of rotatable bonds is 24. The molecule has 0 aromatic carbocycles. The molecule has 0 aromatic rings. The lowest BCUT2D eigenvalue weighted by Gasteiger charge is -2.59. The average Bonchev–Trinajstić information content (AvgIpc) is 3.87. The molecule has 1 nitrogen and oxygen atoms in total. The Labute approximate surface area is 457 Å². The second kappa shape index (κ2) is 24.5. The minimum atomic E-state index is 0.424. The van der Waals surface area contributed by atoms with E-state index < -0.39 is 0 Å². The molecular weight excluding hydrogens is 1060 g/mol. The van der Waals surface area contributed by atoms with Gasteiger partial charge in [-0.2, -0.15) is 0 Å². The Morgan fingerprint density at radius 3 is 1.28 bits per heavy atom. The number of hydrogen-bond donors (Lipinski definition) is 0. The molecule has 8 aliphatic carbocycles. The van der Waals surface area contributed by atoms with Gasteiger partial charge in [0.1, 0.15) is 0 Å². The van der Waals surface area contributed by atoms with Gasteiger partial charge in [0.05, 0.1) is 12.2 Å². The molecule has 3 heteroatoms. The van der Waals surface area contributed by atoms with Crippen LogP contribution in [0.1, 0.15) is 262 Å². The topological polar surface area (TPSA) is 9.23 Å². The van der Waals surface area contributed by atoms with E-state index in [1.54, 1.807) is 0 Å². The van der Waals surface area contributed by atoms with Gasteiger partial charge in [-0.1, -0.05) is 202 Å². The number of allylic oxidation sites excluding steroid dienone is 4. The van der Waals surface area contributed by atoms with Crippen molar-refractivity contribution in [3.63, 3.8) is 0 Å². The highest BCUT2D eigenvalue weighted by atomic mass is 127. The van der Waals surface area contributed by atoms with Gasteiger partial charge in [0.25, 0.3) is 0 Å². The quantitative estimate of drug-likeness (QED) is 0.0405. The van der Waals surface area contributed by atoms with Crippen molar-refractivity contribution in [1.29, 1.82) is 0 Å². The molecule has 0 saturated heterocycles. The van der Waals surface area contributed by atoms with Gasteiger partial charge in [-0.3, -0.25) is 0 Å². The van der Waals surface area contributed by atoms with Crippen LogP contribution in [0.15, 0.2) is 23.3 Å². The molecule has 0 aliphatic heterocycles. The number of hydrogen-bond acceptors (Lipinski definition) is 1. The molecule has 0 spiro atoms. The summed E-state index contributed by atoms with van der Waals surface area (Å²) >= 11 is 5.23. The maximum absolute atomic E-state index is 7.96. The normalized spacial score (nSPS) is 41.2. The first-order chi connectivity index (χ1) is 33.1. The van der Waals surface area contributed by atoms with Gasteiger partial charge in [-0.25, -0.2) is 0 Å². The summed E-state index contributed by atoms with van der Waals surface area (Å²) in [4.78, 5) is 0. The van der Waals surface area contributed by atoms with Crippen LogP contribution in [-0.4, -0.2) is 21.1 Å². The van der Waals surface area contributed by atoms with E-state index in [2.05, 4.69) is 127 Å². The van der Waals surface area contributed by atoms with Crippen molar-refractivity contribution in [2.75, 3.05) is 8.86 Å². The Morgan fingerprint density at radius 1 is 0.464 bits per heavy atom. The Morgan fingerprint density at radius 2 is 0.884 bits per heavy atom. The lowest BCUT2D eigenvalue weighted by Crippen LogP contribution is -2.51. The monoisotopic (exact) mass is 1170 g/mol. The van der Waals surface area contributed by atoms with Crippen LogP contribution in [0, 0.1) is 105 Å². The molecule has 0 aromatic heterocycles. The number of fused-ring (bicyclic) bond motifs is 10. The number of unbranched alkanes of at least 4 members (excludes halogenated alkanes) is 4. The van der Waals surface area contributed by atoms with Gasteiger partial charge >= 0.3 is 0 Å².